The van der Waals surface area contributed by atoms with Crippen LogP contribution >= 0.6 is 0 Å². The van der Waals surface area contributed by atoms with Gasteiger partial charge in [0, 0.05) is 12.3 Å². The van der Waals surface area contributed by atoms with Crippen molar-refractivity contribution in [2.24, 2.45) is 5.92 Å². The monoisotopic (exact) mass is 205 g/mol. The molecule has 15 heavy (non-hydrogen) atoms. The van der Waals surface area contributed by atoms with Gasteiger partial charge in [0.1, 0.15) is 5.72 Å². The molecule has 0 aromatic heterocycles. The van der Waals surface area contributed by atoms with Gasteiger partial charge in [0.15, 0.2) is 0 Å². The molecular weight excluding hydrogens is 190 g/mol. The van der Waals surface area contributed by atoms with Gasteiger partial charge in [-0.2, -0.15) is 0 Å². The number of carbonyl (C=O) groups excluding carboxylic acids is 1. The Hall–Kier alpha value is -1.35. The molecular formula is C12H15NO2. The van der Waals surface area contributed by atoms with E-state index in [1.165, 1.54) is 0 Å². The molecule has 1 fully saturated rings. The van der Waals surface area contributed by atoms with Crippen molar-refractivity contribution < 1.29 is 9.90 Å². The number of hydrogen-bond donors (Lipinski definition) is 2. The smallest absolute Gasteiger partial charge is 0.222 e. The molecule has 0 bridgehead atoms. The highest BCUT2D eigenvalue weighted by Crippen LogP contribution is 2.27. The molecule has 0 saturated carbocycles. The molecule has 3 heteroatoms. The molecule has 1 heterocycles. The van der Waals surface area contributed by atoms with Gasteiger partial charge in [0.25, 0.3) is 0 Å². The van der Waals surface area contributed by atoms with Crippen molar-refractivity contribution in [2.75, 3.05) is 0 Å². The molecule has 0 aliphatic carbocycles. The number of rotatable bonds is 2. The first-order valence-electron chi connectivity index (χ1n) is 5.15. The van der Waals surface area contributed by atoms with Crippen LogP contribution in [0.25, 0.3) is 0 Å². The first kappa shape index (κ1) is 10.2. The van der Waals surface area contributed by atoms with E-state index in [1.54, 1.807) is 6.92 Å². The molecule has 0 radical (unpaired) electrons. The Morgan fingerprint density at radius 1 is 1.47 bits per heavy atom. The number of carbonyl (C=O) groups is 1. The molecule has 3 nitrogen and oxygen atoms in total. The predicted molar refractivity (Wildman–Crippen MR) is 57.0 cm³/mol. The van der Waals surface area contributed by atoms with E-state index in [1.807, 2.05) is 30.3 Å². The standard InChI is InChI=1S/C12H15NO2/c1-12(15)10(8-11(14)13-12)7-9-5-3-2-4-6-9/h2-6,10,15H,7-8H2,1H3,(H,13,14). The maximum absolute atomic E-state index is 11.2. The molecule has 1 aliphatic heterocycles. The molecule has 2 N–H and O–H groups in total. The summed E-state index contributed by atoms with van der Waals surface area (Å²) in [6.07, 6.45) is 1.13. The highest BCUT2D eigenvalue weighted by molar-refractivity contribution is 5.79. The second-order valence-corrected chi connectivity index (χ2v) is 4.29. The normalized spacial score (nSPS) is 30.3. The van der Waals surface area contributed by atoms with Crippen molar-refractivity contribution in [3.63, 3.8) is 0 Å². The van der Waals surface area contributed by atoms with Crippen LogP contribution in [0, 0.1) is 5.92 Å². The fraction of sp³-hybridized carbons (Fsp3) is 0.417. The van der Waals surface area contributed by atoms with Gasteiger partial charge in [-0.25, -0.2) is 0 Å². The van der Waals surface area contributed by atoms with Gasteiger partial charge < -0.3 is 10.4 Å². The van der Waals surface area contributed by atoms with Gasteiger partial charge >= 0.3 is 0 Å². The number of aliphatic hydroxyl groups is 1. The molecule has 1 aliphatic rings. The summed E-state index contributed by atoms with van der Waals surface area (Å²) in [6, 6.07) is 9.92. The minimum atomic E-state index is -1.06. The molecule has 2 unspecified atom stereocenters. The van der Waals surface area contributed by atoms with E-state index >= 15 is 0 Å². The zero-order valence-electron chi connectivity index (χ0n) is 8.73. The van der Waals surface area contributed by atoms with Crippen molar-refractivity contribution in [1.29, 1.82) is 0 Å². The Balaban J connectivity index is 2.10. The molecule has 1 saturated heterocycles. The Bertz CT molecular complexity index is 359. The average Bonchev–Trinajstić information content (AvgIpc) is 2.41. The van der Waals surface area contributed by atoms with E-state index in [4.69, 9.17) is 0 Å². The van der Waals surface area contributed by atoms with Crippen molar-refractivity contribution in [3.05, 3.63) is 35.9 Å². The zero-order chi connectivity index (χ0) is 10.9. The Morgan fingerprint density at radius 2 is 2.13 bits per heavy atom. The lowest BCUT2D eigenvalue weighted by Crippen LogP contribution is -2.43. The van der Waals surface area contributed by atoms with Crippen LogP contribution in [0.2, 0.25) is 0 Å². The van der Waals surface area contributed by atoms with Gasteiger partial charge in [0.2, 0.25) is 5.91 Å². The molecule has 2 atom stereocenters. The minimum Gasteiger partial charge on any atom is -0.371 e. The molecule has 1 aromatic rings. The second-order valence-electron chi connectivity index (χ2n) is 4.29. The van der Waals surface area contributed by atoms with Crippen LogP contribution < -0.4 is 5.32 Å². The van der Waals surface area contributed by atoms with Crippen molar-refractivity contribution >= 4 is 5.91 Å². The lowest BCUT2D eigenvalue weighted by atomic mass is 9.91. The summed E-state index contributed by atoms with van der Waals surface area (Å²) in [5, 5.41) is 12.5. The van der Waals surface area contributed by atoms with Crippen molar-refractivity contribution in [1.82, 2.24) is 5.32 Å². The average molecular weight is 205 g/mol. The first-order chi connectivity index (χ1) is 7.08. The van der Waals surface area contributed by atoms with Gasteiger partial charge in [-0.1, -0.05) is 30.3 Å². The van der Waals surface area contributed by atoms with E-state index in [0.717, 1.165) is 12.0 Å². The lowest BCUT2D eigenvalue weighted by molar-refractivity contribution is -0.121. The fourth-order valence-corrected chi connectivity index (χ4v) is 2.03. The molecule has 1 amide bonds. The SMILES string of the molecule is CC1(O)NC(=O)CC1Cc1ccccc1. The summed E-state index contributed by atoms with van der Waals surface area (Å²) in [5.74, 6) is -0.103. The Kier molecular flexibility index (Phi) is 2.49. The largest absolute Gasteiger partial charge is 0.371 e. The third-order valence-electron chi connectivity index (χ3n) is 2.94. The molecule has 80 valence electrons. The zero-order valence-corrected chi connectivity index (χ0v) is 8.73. The minimum absolute atomic E-state index is 0.0348. The van der Waals surface area contributed by atoms with Crippen LogP contribution in [0.4, 0.5) is 0 Å². The lowest BCUT2D eigenvalue weighted by Gasteiger charge is -2.24. The summed E-state index contributed by atoms with van der Waals surface area (Å²) >= 11 is 0. The topological polar surface area (TPSA) is 49.3 Å². The molecule has 2 rings (SSSR count). The number of hydrogen-bond acceptors (Lipinski definition) is 2. The van der Waals surface area contributed by atoms with Gasteiger partial charge in [0.05, 0.1) is 0 Å². The van der Waals surface area contributed by atoms with Gasteiger partial charge in [-0.15, -0.1) is 0 Å². The van der Waals surface area contributed by atoms with E-state index in [9.17, 15) is 9.90 Å². The van der Waals surface area contributed by atoms with Gasteiger partial charge in [-0.3, -0.25) is 4.79 Å². The fourth-order valence-electron chi connectivity index (χ4n) is 2.03. The Morgan fingerprint density at radius 3 is 2.67 bits per heavy atom. The highest BCUT2D eigenvalue weighted by Gasteiger charge is 2.40. The quantitative estimate of drug-likeness (QED) is 0.759. The van der Waals surface area contributed by atoms with Crippen molar-refractivity contribution in [2.45, 2.75) is 25.5 Å². The first-order valence-corrected chi connectivity index (χ1v) is 5.15. The maximum Gasteiger partial charge on any atom is 0.222 e. The Labute approximate surface area is 89.1 Å². The summed E-state index contributed by atoms with van der Waals surface area (Å²) in [6.45, 7) is 1.66. The predicted octanol–water partition coefficient (Wildman–Crippen LogP) is 1.07. The molecule has 1 aromatic carbocycles. The summed E-state index contributed by atoms with van der Waals surface area (Å²) in [7, 11) is 0. The number of nitrogens with one attached hydrogen (secondary N) is 1. The summed E-state index contributed by atoms with van der Waals surface area (Å²) in [5.41, 5.74) is 0.0895. The summed E-state index contributed by atoms with van der Waals surface area (Å²) in [4.78, 5) is 11.2. The third kappa shape index (κ3) is 2.18. The van der Waals surface area contributed by atoms with Crippen LogP contribution in [-0.2, 0) is 11.2 Å². The summed E-state index contributed by atoms with van der Waals surface area (Å²) < 4.78 is 0. The van der Waals surface area contributed by atoms with Crippen LogP contribution in [0.1, 0.15) is 18.9 Å². The number of amides is 1. The van der Waals surface area contributed by atoms with E-state index in [-0.39, 0.29) is 11.8 Å². The maximum atomic E-state index is 11.2. The number of benzene rings is 1. The highest BCUT2D eigenvalue weighted by atomic mass is 16.3. The van der Waals surface area contributed by atoms with Crippen molar-refractivity contribution in [3.8, 4) is 0 Å². The van der Waals surface area contributed by atoms with E-state index in [0.29, 0.717) is 6.42 Å². The third-order valence-corrected chi connectivity index (χ3v) is 2.94. The van der Waals surface area contributed by atoms with Gasteiger partial charge in [-0.05, 0) is 18.9 Å². The van der Waals surface area contributed by atoms with Crippen LogP contribution in [0.15, 0.2) is 30.3 Å². The van der Waals surface area contributed by atoms with E-state index in [2.05, 4.69) is 5.32 Å². The second kappa shape index (κ2) is 3.66. The van der Waals surface area contributed by atoms with Crippen LogP contribution in [-0.4, -0.2) is 16.7 Å². The van der Waals surface area contributed by atoms with E-state index < -0.39 is 5.72 Å². The van der Waals surface area contributed by atoms with Crippen LogP contribution in [0.5, 0.6) is 0 Å². The van der Waals surface area contributed by atoms with Crippen LogP contribution in [0.3, 0.4) is 0 Å². The molecule has 0 spiro atoms.